The minimum Gasteiger partial charge on any atom is -0.335 e. The summed E-state index contributed by atoms with van der Waals surface area (Å²) in [6, 6.07) is 0. The lowest BCUT2D eigenvalue weighted by Gasteiger charge is -2.46. The van der Waals surface area contributed by atoms with Crippen molar-refractivity contribution >= 4 is 0 Å². The fourth-order valence-corrected chi connectivity index (χ4v) is 4.84. The molecule has 1 aromatic heterocycles. The predicted molar refractivity (Wildman–Crippen MR) is 87.1 cm³/mol. The molecular formula is C18H31N3. The summed E-state index contributed by atoms with van der Waals surface area (Å²) in [6.07, 6.45) is 17.3. The van der Waals surface area contributed by atoms with Gasteiger partial charge in [0.15, 0.2) is 0 Å². The lowest BCUT2D eigenvalue weighted by Crippen LogP contribution is -2.54. The van der Waals surface area contributed by atoms with Crippen molar-refractivity contribution in [3.8, 4) is 0 Å². The standard InChI is InChI=1S/C18H31N3/c1-2-21-13-12-20-17(21)14-18(19)11-7-6-10-16(18)15-8-4-3-5-9-15/h12-13,15-16H,2-11,14,19H2,1H3. The van der Waals surface area contributed by atoms with E-state index in [9.17, 15) is 0 Å². The van der Waals surface area contributed by atoms with E-state index in [4.69, 9.17) is 5.73 Å². The molecule has 0 saturated heterocycles. The van der Waals surface area contributed by atoms with Gasteiger partial charge >= 0.3 is 0 Å². The molecule has 2 N–H and O–H groups in total. The third kappa shape index (κ3) is 3.18. The Morgan fingerprint density at radius 1 is 1.19 bits per heavy atom. The van der Waals surface area contributed by atoms with Gasteiger partial charge in [-0.3, -0.25) is 0 Å². The molecule has 118 valence electrons. The Balaban J connectivity index is 1.77. The van der Waals surface area contributed by atoms with E-state index in [1.807, 2.05) is 6.20 Å². The summed E-state index contributed by atoms with van der Waals surface area (Å²) < 4.78 is 2.27. The Morgan fingerprint density at radius 3 is 2.71 bits per heavy atom. The van der Waals surface area contributed by atoms with Crippen molar-refractivity contribution in [1.82, 2.24) is 9.55 Å². The van der Waals surface area contributed by atoms with Gasteiger partial charge in [0.2, 0.25) is 0 Å². The molecule has 0 aliphatic heterocycles. The van der Waals surface area contributed by atoms with Gasteiger partial charge in [-0.1, -0.05) is 44.9 Å². The molecule has 3 heteroatoms. The fourth-order valence-electron chi connectivity index (χ4n) is 4.84. The number of aryl methyl sites for hydroxylation is 1. The summed E-state index contributed by atoms with van der Waals surface area (Å²) in [5, 5.41) is 0. The second-order valence-electron chi connectivity index (χ2n) is 7.29. The van der Waals surface area contributed by atoms with Crippen LogP contribution in [0, 0.1) is 11.8 Å². The van der Waals surface area contributed by atoms with Crippen LogP contribution in [0.4, 0.5) is 0 Å². The maximum Gasteiger partial charge on any atom is 0.110 e. The lowest BCUT2D eigenvalue weighted by molar-refractivity contribution is 0.0974. The number of nitrogens with two attached hydrogens (primary N) is 1. The number of imidazole rings is 1. The van der Waals surface area contributed by atoms with E-state index in [0.29, 0.717) is 5.92 Å². The minimum atomic E-state index is -0.0153. The van der Waals surface area contributed by atoms with Crippen molar-refractivity contribution < 1.29 is 0 Å². The first-order chi connectivity index (χ1) is 10.2. The number of hydrogen-bond donors (Lipinski definition) is 1. The Kier molecular flexibility index (Phi) is 4.68. The van der Waals surface area contributed by atoms with Crippen molar-refractivity contribution in [3.63, 3.8) is 0 Å². The van der Waals surface area contributed by atoms with E-state index in [-0.39, 0.29) is 5.54 Å². The van der Waals surface area contributed by atoms with E-state index in [2.05, 4.69) is 22.7 Å². The lowest BCUT2D eigenvalue weighted by atomic mass is 9.63. The molecule has 2 aliphatic rings. The fraction of sp³-hybridized carbons (Fsp3) is 0.833. The highest BCUT2D eigenvalue weighted by molar-refractivity contribution is 5.06. The van der Waals surface area contributed by atoms with Gasteiger partial charge in [0.1, 0.15) is 5.82 Å². The molecule has 2 fully saturated rings. The summed E-state index contributed by atoms with van der Waals surface area (Å²) in [4.78, 5) is 4.59. The SMILES string of the molecule is CCn1ccnc1CC1(N)CCCCC1C1CCCCC1. The topological polar surface area (TPSA) is 43.8 Å². The van der Waals surface area contributed by atoms with Crippen LogP contribution < -0.4 is 5.73 Å². The smallest absolute Gasteiger partial charge is 0.110 e. The molecule has 2 atom stereocenters. The van der Waals surface area contributed by atoms with Gasteiger partial charge < -0.3 is 10.3 Å². The number of rotatable bonds is 4. The van der Waals surface area contributed by atoms with Crippen molar-refractivity contribution in [1.29, 1.82) is 0 Å². The zero-order valence-corrected chi connectivity index (χ0v) is 13.6. The number of aromatic nitrogens is 2. The van der Waals surface area contributed by atoms with Gasteiger partial charge in [-0.25, -0.2) is 4.98 Å². The van der Waals surface area contributed by atoms with E-state index < -0.39 is 0 Å². The third-order valence-electron chi connectivity index (χ3n) is 5.99. The monoisotopic (exact) mass is 289 g/mol. The van der Waals surface area contributed by atoms with Gasteiger partial charge in [0.05, 0.1) is 0 Å². The molecular weight excluding hydrogens is 258 g/mol. The highest BCUT2D eigenvalue weighted by Gasteiger charge is 2.42. The normalized spacial score (nSPS) is 31.4. The van der Waals surface area contributed by atoms with Crippen molar-refractivity contribution in [2.75, 3.05) is 0 Å². The molecule has 0 bridgehead atoms. The zero-order valence-electron chi connectivity index (χ0n) is 13.6. The molecule has 3 nitrogen and oxygen atoms in total. The van der Waals surface area contributed by atoms with E-state index in [1.54, 1.807) is 0 Å². The Hall–Kier alpha value is -0.830. The molecule has 1 heterocycles. The summed E-state index contributed by atoms with van der Waals surface area (Å²) in [5.41, 5.74) is 6.98. The van der Waals surface area contributed by atoms with Crippen LogP contribution >= 0.6 is 0 Å². The first kappa shape index (κ1) is 15.1. The van der Waals surface area contributed by atoms with Crippen molar-refractivity contribution in [3.05, 3.63) is 18.2 Å². The van der Waals surface area contributed by atoms with Crippen LogP contribution in [0.25, 0.3) is 0 Å². The van der Waals surface area contributed by atoms with Gasteiger partial charge in [-0.15, -0.1) is 0 Å². The average molecular weight is 289 g/mol. The zero-order chi connectivity index (χ0) is 14.7. The Morgan fingerprint density at radius 2 is 1.95 bits per heavy atom. The quantitative estimate of drug-likeness (QED) is 0.913. The van der Waals surface area contributed by atoms with Crippen LogP contribution in [0.2, 0.25) is 0 Å². The van der Waals surface area contributed by atoms with Crippen LogP contribution in [0.1, 0.15) is 70.5 Å². The molecule has 2 aliphatic carbocycles. The maximum absolute atomic E-state index is 7.00. The van der Waals surface area contributed by atoms with Gasteiger partial charge in [-0.05, 0) is 31.6 Å². The molecule has 3 rings (SSSR count). The number of hydrogen-bond acceptors (Lipinski definition) is 2. The second-order valence-corrected chi connectivity index (χ2v) is 7.29. The maximum atomic E-state index is 7.00. The summed E-state index contributed by atoms with van der Waals surface area (Å²) in [6.45, 7) is 3.19. The van der Waals surface area contributed by atoms with Crippen LogP contribution in [0.3, 0.4) is 0 Å². The summed E-state index contributed by atoms with van der Waals surface area (Å²) in [7, 11) is 0. The second kappa shape index (κ2) is 6.51. The minimum absolute atomic E-state index is 0.0153. The molecule has 0 aromatic carbocycles. The predicted octanol–water partition coefficient (Wildman–Crippen LogP) is 3.91. The average Bonchev–Trinajstić information content (AvgIpc) is 2.95. The van der Waals surface area contributed by atoms with Crippen molar-refractivity contribution in [2.45, 2.75) is 83.2 Å². The molecule has 0 spiro atoms. The highest BCUT2D eigenvalue weighted by Crippen LogP contribution is 2.43. The van der Waals surface area contributed by atoms with Crippen molar-refractivity contribution in [2.24, 2.45) is 17.6 Å². The van der Waals surface area contributed by atoms with E-state index in [1.165, 1.54) is 63.6 Å². The third-order valence-corrected chi connectivity index (χ3v) is 5.99. The summed E-state index contributed by atoms with van der Waals surface area (Å²) >= 11 is 0. The molecule has 0 amide bonds. The Labute approximate surface area is 129 Å². The molecule has 2 saturated carbocycles. The molecule has 21 heavy (non-hydrogen) atoms. The van der Waals surface area contributed by atoms with Crippen LogP contribution in [-0.4, -0.2) is 15.1 Å². The first-order valence-electron chi connectivity index (χ1n) is 9.02. The number of nitrogens with zero attached hydrogens (tertiary/aromatic N) is 2. The van der Waals surface area contributed by atoms with E-state index in [0.717, 1.165) is 18.9 Å². The molecule has 2 unspecified atom stereocenters. The largest absolute Gasteiger partial charge is 0.335 e. The van der Waals surface area contributed by atoms with Crippen LogP contribution in [0.15, 0.2) is 12.4 Å². The summed E-state index contributed by atoms with van der Waals surface area (Å²) in [5.74, 6) is 2.78. The van der Waals surface area contributed by atoms with E-state index >= 15 is 0 Å². The first-order valence-corrected chi connectivity index (χ1v) is 9.02. The van der Waals surface area contributed by atoms with Gasteiger partial charge in [0, 0.05) is 30.9 Å². The molecule has 1 aromatic rings. The Bertz CT molecular complexity index is 447. The van der Waals surface area contributed by atoms with Gasteiger partial charge in [0.25, 0.3) is 0 Å². The molecule has 0 radical (unpaired) electrons. The highest BCUT2D eigenvalue weighted by atomic mass is 15.1. The van der Waals surface area contributed by atoms with Gasteiger partial charge in [-0.2, -0.15) is 0 Å². The van der Waals surface area contributed by atoms with Crippen LogP contribution in [0.5, 0.6) is 0 Å². The van der Waals surface area contributed by atoms with Crippen LogP contribution in [-0.2, 0) is 13.0 Å².